The maximum absolute atomic E-state index is 11.9. The molecule has 0 aliphatic heterocycles. The minimum atomic E-state index is -3.37. The lowest BCUT2D eigenvalue weighted by atomic mass is 10.1. The average molecular weight is 342 g/mol. The van der Waals surface area contributed by atoms with Gasteiger partial charge in [0, 0.05) is 19.6 Å². The molecule has 0 saturated heterocycles. The van der Waals surface area contributed by atoms with Crippen molar-refractivity contribution < 1.29 is 17.9 Å². The van der Waals surface area contributed by atoms with Crippen molar-refractivity contribution in [3.63, 3.8) is 0 Å². The van der Waals surface area contributed by atoms with E-state index in [2.05, 4.69) is 5.32 Å². The van der Waals surface area contributed by atoms with Crippen LogP contribution in [0, 0.1) is 6.92 Å². The topological polar surface area (TPSA) is 75.7 Å². The molecule has 0 spiro atoms. The molecule has 1 rings (SSSR count). The summed E-state index contributed by atoms with van der Waals surface area (Å²) in [7, 11) is -3.37. The van der Waals surface area contributed by atoms with Gasteiger partial charge in [-0.2, -0.15) is 4.31 Å². The van der Waals surface area contributed by atoms with Gasteiger partial charge >= 0.3 is 6.09 Å². The summed E-state index contributed by atoms with van der Waals surface area (Å²) >= 11 is 0. The number of alkyl carbamates (subject to hydrolysis) is 1. The first kappa shape index (κ1) is 19.4. The van der Waals surface area contributed by atoms with Crippen LogP contribution in [-0.4, -0.2) is 43.8 Å². The maximum Gasteiger partial charge on any atom is 0.407 e. The van der Waals surface area contributed by atoms with E-state index in [1.165, 1.54) is 4.31 Å². The first-order chi connectivity index (χ1) is 10.5. The van der Waals surface area contributed by atoms with Crippen molar-refractivity contribution in [1.29, 1.82) is 0 Å². The lowest BCUT2D eigenvalue weighted by molar-refractivity contribution is 0.0525. The predicted molar refractivity (Wildman–Crippen MR) is 90.7 cm³/mol. The lowest BCUT2D eigenvalue weighted by Gasteiger charge is -2.22. The fourth-order valence-electron chi connectivity index (χ4n) is 1.97. The second kappa shape index (κ2) is 7.79. The first-order valence-corrected chi connectivity index (χ1v) is 9.30. The molecule has 1 aromatic rings. The largest absolute Gasteiger partial charge is 0.444 e. The number of amides is 1. The average Bonchev–Trinajstić information content (AvgIpc) is 2.34. The molecule has 0 aliphatic carbocycles. The van der Waals surface area contributed by atoms with E-state index in [-0.39, 0.29) is 19.6 Å². The van der Waals surface area contributed by atoms with Gasteiger partial charge in [0.15, 0.2) is 0 Å². The summed E-state index contributed by atoms with van der Waals surface area (Å²) in [4.78, 5) is 11.6. The molecule has 1 N–H and O–H groups in total. The Morgan fingerprint density at radius 3 is 2.48 bits per heavy atom. The van der Waals surface area contributed by atoms with Crippen molar-refractivity contribution in [3.05, 3.63) is 35.4 Å². The van der Waals surface area contributed by atoms with E-state index in [0.717, 1.165) is 17.4 Å². The Kier molecular flexibility index (Phi) is 6.58. The number of hydrogen-bond acceptors (Lipinski definition) is 4. The van der Waals surface area contributed by atoms with Crippen LogP contribution in [0.4, 0.5) is 4.79 Å². The number of benzene rings is 1. The SMILES string of the molecule is Cc1cccc(CN(CCNC(=O)OC(C)(C)C)S(C)(=O)=O)c1. The first-order valence-electron chi connectivity index (χ1n) is 7.45. The third-order valence-corrected chi connectivity index (χ3v) is 4.19. The molecule has 0 saturated carbocycles. The van der Waals surface area contributed by atoms with Crippen LogP contribution in [0.1, 0.15) is 31.9 Å². The highest BCUT2D eigenvalue weighted by Gasteiger charge is 2.19. The second-order valence-corrected chi connectivity index (χ2v) is 8.50. The Labute approximate surface area is 138 Å². The lowest BCUT2D eigenvalue weighted by Crippen LogP contribution is -2.39. The van der Waals surface area contributed by atoms with Crippen molar-refractivity contribution in [1.82, 2.24) is 9.62 Å². The quantitative estimate of drug-likeness (QED) is 0.860. The number of carbonyl (C=O) groups excluding carboxylic acids is 1. The fourth-order valence-corrected chi connectivity index (χ4v) is 2.78. The molecule has 0 aromatic heterocycles. The number of rotatable bonds is 6. The van der Waals surface area contributed by atoms with Crippen molar-refractivity contribution in [3.8, 4) is 0 Å². The molecule has 0 radical (unpaired) electrons. The number of ether oxygens (including phenoxy) is 1. The number of nitrogens with one attached hydrogen (secondary N) is 1. The molecular weight excluding hydrogens is 316 g/mol. The van der Waals surface area contributed by atoms with Crippen LogP contribution in [0.2, 0.25) is 0 Å². The summed E-state index contributed by atoms with van der Waals surface area (Å²) in [6.45, 7) is 7.92. The molecule has 7 heteroatoms. The number of aryl methyl sites for hydroxylation is 1. The number of nitrogens with zero attached hydrogens (tertiary/aromatic N) is 1. The van der Waals surface area contributed by atoms with Crippen molar-refractivity contribution in [2.45, 2.75) is 39.8 Å². The second-order valence-electron chi connectivity index (χ2n) is 6.51. The van der Waals surface area contributed by atoms with Crippen LogP contribution in [0.15, 0.2) is 24.3 Å². The smallest absolute Gasteiger partial charge is 0.407 e. The standard InChI is InChI=1S/C16H26N2O4S/c1-13-7-6-8-14(11-13)12-18(23(5,20)21)10-9-17-15(19)22-16(2,3)4/h6-8,11H,9-10,12H2,1-5H3,(H,17,19). The molecular formula is C16H26N2O4S. The Morgan fingerprint density at radius 2 is 1.96 bits per heavy atom. The zero-order valence-electron chi connectivity index (χ0n) is 14.4. The number of hydrogen-bond donors (Lipinski definition) is 1. The molecule has 130 valence electrons. The summed E-state index contributed by atoms with van der Waals surface area (Å²) in [5.41, 5.74) is 1.40. The normalized spacial score (nSPS) is 12.3. The van der Waals surface area contributed by atoms with Gasteiger partial charge in [0.25, 0.3) is 0 Å². The van der Waals surface area contributed by atoms with Crippen LogP contribution >= 0.6 is 0 Å². The van der Waals surface area contributed by atoms with Gasteiger partial charge in [-0.15, -0.1) is 0 Å². The molecule has 1 aromatic carbocycles. The van der Waals surface area contributed by atoms with Gasteiger partial charge in [-0.1, -0.05) is 29.8 Å². The van der Waals surface area contributed by atoms with Gasteiger partial charge in [-0.3, -0.25) is 0 Å². The van der Waals surface area contributed by atoms with Gasteiger partial charge in [0.1, 0.15) is 5.60 Å². The van der Waals surface area contributed by atoms with Gasteiger partial charge in [0.2, 0.25) is 10.0 Å². The molecule has 0 fully saturated rings. The third kappa shape index (κ3) is 7.99. The molecule has 1 amide bonds. The number of carbonyl (C=O) groups is 1. The Balaban J connectivity index is 2.62. The van der Waals surface area contributed by atoms with Gasteiger partial charge in [-0.05, 0) is 33.3 Å². The summed E-state index contributed by atoms with van der Waals surface area (Å²) in [5.74, 6) is 0. The zero-order valence-corrected chi connectivity index (χ0v) is 15.2. The summed E-state index contributed by atoms with van der Waals surface area (Å²) in [5, 5.41) is 2.57. The van der Waals surface area contributed by atoms with Gasteiger partial charge in [0.05, 0.1) is 6.26 Å². The third-order valence-electron chi connectivity index (χ3n) is 2.94. The molecule has 0 atom stereocenters. The van der Waals surface area contributed by atoms with Crippen molar-refractivity contribution in [2.75, 3.05) is 19.3 Å². The highest BCUT2D eigenvalue weighted by atomic mass is 32.2. The molecule has 0 heterocycles. The Hall–Kier alpha value is -1.60. The Bertz CT molecular complexity index is 636. The molecule has 0 bridgehead atoms. The van der Waals surface area contributed by atoms with E-state index in [4.69, 9.17) is 4.74 Å². The van der Waals surface area contributed by atoms with E-state index in [1.54, 1.807) is 20.8 Å². The van der Waals surface area contributed by atoms with Crippen LogP contribution in [0.25, 0.3) is 0 Å². The summed E-state index contributed by atoms with van der Waals surface area (Å²) < 4.78 is 30.3. The van der Waals surface area contributed by atoms with Crippen LogP contribution < -0.4 is 5.32 Å². The van der Waals surface area contributed by atoms with E-state index >= 15 is 0 Å². The molecule has 0 unspecified atom stereocenters. The van der Waals surface area contributed by atoms with E-state index < -0.39 is 21.7 Å². The van der Waals surface area contributed by atoms with Crippen LogP contribution in [0.3, 0.4) is 0 Å². The van der Waals surface area contributed by atoms with Gasteiger partial charge in [-0.25, -0.2) is 13.2 Å². The molecule has 0 aliphatic rings. The zero-order chi connectivity index (χ0) is 17.7. The predicted octanol–water partition coefficient (Wildman–Crippen LogP) is 2.28. The van der Waals surface area contributed by atoms with Crippen molar-refractivity contribution >= 4 is 16.1 Å². The molecule has 6 nitrogen and oxygen atoms in total. The fraction of sp³-hybridized carbons (Fsp3) is 0.562. The minimum absolute atomic E-state index is 0.187. The van der Waals surface area contributed by atoms with Crippen molar-refractivity contribution in [2.24, 2.45) is 0 Å². The van der Waals surface area contributed by atoms with Crippen LogP contribution in [0.5, 0.6) is 0 Å². The Morgan fingerprint density at radius 1 is 1.30 bits per heavy atom. The minimum Gasteiger partial charge on any atom is -0.444 e. The number of sulfonamides is 1. The van der Waals surface area contributed by atoms with E-state index in [9.17, 15) is 13.2 Å². The summed E-state index contributed by atoms with van der Waals surface area (Å²) in [6, 6.07) is 7.67. The van der Waals surface area contributed by atoms with Gasteiger partial charge < -0.3 is 10.1 Å². The summed E-state index contributed by atoms with van der Waals surface area (Å²) in [6.07, 6.45) is 0.609. The highest BCUT2D eigenvalue weighted by Crippen LogP contribution is 2.10. The monoisotopic (exact) mass is 342 g/mol. The van der Waals surface area contributed by atoms with E-state index in [0.29, 0.717) is 0 Å². The van der Waals surface area contributed by atoms with E-state index in [1.807, 2.05) is 31.2 Å². The maximum atomic E-state index is 11.9. The molecule has 23 heavy (non-hydrogen) atoms. The van der Waals surface area contributed by atoms with Crippen LogP contribution in [-0.2, 0) is 21.3 Å². The highest BCUT2D eigenvalue weighted by molar-refractivity contribution is 7.88.